The molecule has 0 amide bonds. The van der Waals surface area contributed by atoms with Crippen LogP contribution in [0.2, 0.25) is 0 Å². The molecule has 0 radical (unpaired) electrons. The fourth-order valence-electron chi connectivity index (χ4n) is 1.95. The van der Waals surface area contributed by atoms with Crippen molar-refractivity contribution in [3.63, 3.8) is 0 Å². The molecule has 0 aliphatic rings. The van der Waals surface area contributed by atoms with E-state index < -0.39 is 5.97 Å². The second-order valence-corrected chi connectivity index (χ2v) is 3.78. The summed E-state index contributed by atoms with van der Waals surface area (Å²) < 4.78 is 5.31. The van der Waals surface area contributed by atoms with Crippen LogP contribution >= 0.6 is 0 Å². The molecule has 0 spiro atoms. The third-order valence-electron chi connectivity index (χ3n) is 2.72. The van der Waals surface area contributed by atoms with Gasteiger partial charge in [-0.2, -0.15) is 0 Å². The second kappa shape index (κ2) is 2.88. The third-order valence-corrected chi connectivity index (χ3v) is 2.72. The van der Waals surface area contributed by atoms with E-state index in [-0.39, 0.29) is 5.76 Å². The molecule has 0 saturated heterocycles. The van der Waals surface area contributed by atoms with E-state index in [9.17, 15) is 4.79 Å². The Kier molecular flexibility index (Phi) is 1.63. The number of rotatable bonds is 1. The number of carboxylic acids is 1. The lowest BCUT2D eigenvalue weighted by atomic mass is 10.2. The lowest BCUT2D eigenvalue weighted by Crippen LogP contribution is -1.91. The highest BCUT2D eigenvalue weighted by Crippen LogP contribution is 2.29. The Labute approximate surface area is 90.5 Å². The van der Waals surface area contributed by atoms with Gasteiger partial charge in [0.1, 0.15) is 0 Å². The average molecular weight is 215 g/mol. The van der Waals surface area contributed by atoms with Crippen LogP contribution in [-0.4, -0.2) is 16.1 Å². The number of benzene rings is 1. The number of carbonyl (C=O) groups is 1. The number of aromatic carboxylic acids is 1. The van der Waals surface area contributed by atoms with Gasteiger partial charge in [-0.1, -0.05) is 12.1 Å². The maximum absolute atomic E-state index is 10.8. The Hall–Kier alpha value is -2.23. The zero-order valence-corrected chi connectivity index (χ0v) is 8.57. The monoisotopic (exact) mass is 215 g/mol. The van der Waals surface area contributed by atoms with E-state index in [1.807, 2.05) is 25.1 Å². The number of H-pyrrole nitrogens is 1. The molecule has 0 bridgehead atoms. The fraction of sp³-hybridized carbons (Fsp3) is 0.0833. The molecular weight excluding hydrogens is 206 g/mol. The van der Waals surface area contributed by atoms with Gasteiger partial charge >= 0.3 is 5.97 Å². The van der Waals surface area contributed by atoms with Crippen molar-refractivity contribution in [2.75, 3.05) is 0 Å². The highest BCUT2D eigenvalue weighted by molar-refractivity contribution is 6.06. The highest BCUT2D eigenvalue weighted by Gasteiger charge is 2.15. The molecule has 4 nitrogen and oxygen atoms in total. The summed E-state index contributed by atoms with van der Waals surface area (Å²) in [5.41, 5.74) is 3.44. The van der Waals surface area contributed by atoms with E-state index in [4.69, 9.17) is 9.52 Å². The molecule has 0 atom stereocenters. The van der Waals surface area contributed by atoms with Crippen LogP contribution in [0.5, 0.6) is 0 Å². The topological polar surface area (TPSA) is 66.2 Å². The van der Waals surface area contributed by atoms with Crippen LogP contribution in [0.15, 0.2) is 28.7 Å². The summed E-state index contributed by atoms with van der Waals surface area (Å²) in [4.78, 5) is 13.9. The number of fused-ring (bicyclic) bond motifs is 3. The molecule has 0 unspecified atom stereocenters. The normalized spacial score (nSPS) is 11.3. The second-order valence-electron chi connectivity index (χ2n) is 3.78. The molecule has 3 aromatic rings. The van der Waals surface area contributed by atoms with Crippen molar-refractivity contribution in [2.45, 2.75) is 6.92 Å². The molecule has 0 fully saturated rings. The fourth-order valence-corrected chi connectivity index (χ4v) is 1.95. The molecule has 0 saturated carbocycles. The summed E-state index contributed by atoms with van der Waals surface area (Å²) >= 11 is 0. The molecule has 80 valence electrons. The van der Waals surface area contributed by atoms with Crippen LogP contribution in [0.3, 0.4) is 0 Å². The highest BCUT2D eigenvalue weighted by atomic mass is 16.4. The standard InChI is InChI=1S/C12H9NO3/c1-6-3-2-4-7-10(6)13-8-5-9(12(14)15)16-11(7)8/h2-5,13H,1H3,(H,14,15). The van der Waals surface area contributed by atoms with Gasteiger partial charge in [0.05, 0.1) is 11.0 Å². The minimum absolute atomic E-state index is 0.0374. The minimum atomic E-state index is -1.05. The molecule has 16 heavy (non-hydrogen) atoms. The molecule has 2 heterocycles. The first-order valence-electron chi connectivity index (χ1n) is 4.91. The number of carboxylic acid groups (broad SMARTS) is 1. The number of aryl methyl sites for hydroxylation is 1. The molecule has 0 aliphatic carbocycles. The van der Waals surface area contributed by atoms with Gasteiger partial charge in [-0.15, -0.1) is 0 Å². The van der Waals surface area contributed by atoms with Gasteiger partial charge in [0, 0.05) is 11.5 Å². The number of hydrogen-bond acceptors (Lipinski definition) is 2. The number of hydrogen-bond donors (Lipinski definition) is 2. The first-order chi connectivity index (χ1) is 7.66. The molecule has 1 aromatic carbocycles. The van der Waals surface area contributed by atoms with E-state index in [0.29, 0.717) is 5.58 Å². The predicted molar refractivity (Wildman–Crippen MR) is 59.8 cm³/mol. The van der Waals surface area contributed by atoms with Gasteiger partial charge < -0.3 is 14.5 Å². The number of furan rings is 1. The number of aromatic nitrogens is 1. The van der Waals surface area contributed by atoms with E-state index in [1.54, 1.807) is 0 Å². The predicted octanol–water partition coefficient (Wildman–Crippen LogP) is 2.92. The van der Waals surface area contributed by atoms with Crippen molar-refractivity contribution in [3.8, 4) is 0 Å². The summed E-state index contributed by atoms with van der Waals surface area (Å²) in [5, 5.41) is 9.74. The summed E-state index contributed by atoms with van der Waals surface area (Å²) in [6.45, 7) is 2.00. The summed E-state index contributed by atoms with van der Waals surface area (Å²) in [7, 11) is 0. The Balaban J connectivity index is 2.43. The van der Waals surface area contributed by atoms with Crippen LogP contribution in [0.4, 0.5) is 0 Å². The Morgan fingerprint density at radius 1 is 1.44 bits per heavy atom. The SMILES string of the molecule is Cc1cccc2c1[nH]c1cc(C(=O)O)oc12. The van der Waals surface area contributed by atoms with Gasteiger partial charge in [0.25, 0.3) is 0 Å². The van der Waals surface area contributed by atoms with Gasteiger partial charge in [-0.25, -0.2) is 4.79 Å². The quantitative estimate of drug-likeness (QED) is 0.655. The molecule has 3 rings (SSSR count). The average Bonchev–Trinajstić information content (AvgIpc) is 2.76. The van der Waals surface area contributed by atoms with Crippen molar-refractivity contribution in [3.05, 3.63) is 35.6 Å². The number of nitrogens with one attached hydrogen (secondary N) is 1. The van der Waals surface area contributed by atoms with Gasteiger partial charge in [-0.05, 0) is 18.6 Å². The van der Waals surface area contributed by atoms with Crippen molar-refractivity contribution >= 4 is 28.0 Å². The molecule has 4 heteroatoms. The van der Waals surface area contributed by atoms with Crippen molar-refractivity contribution < 1.29 is 14.3 Å². The molecular formula is C12H9NO3. The van der Waals surface area contributed by atoms with E-state index in [0.717, 1.165) is 22.0 Å². The summed E-state index contributed by atoms with van der Waals surface area (Å²) in [6.07, 6.45) is 0. The summed E-state index contributed by atoms with van der Waals surface area (Å²) in [6, 6.07) is 7.34. The van der Waals surface area contributed by atoms with Crippen molar-refractivity contribution in [2.24, 2.45) is 0 Å². The number of para-hydroxylation sites is 1. The largest absolute Gasteiger partial charge is 0.475 e. The van der Waals surface area contributed by atoms with Crippen LogP contribution in [-0.2, 0) is 0 Å². The van der Waals surface area contributed by atoms with Gasteiger partial charge in [-0.3, -0.25) is 0 Å². The first kappa shape index (κ1) is 9.03. The van der Waals surface area contributed by atoms with Crippen molar-refractivity contribution in [1.29, 1.82) is 0 Å². The minimum Gasteiger partial charge on any atom is -0.475 e. The lowest BCUT2D eigenvalue weighted by molar-refractivity contribution is 0.0665. The smallest absolute Gasteiger partial charge is 0.371 e. The van der Waals surface area contributed by atoms with Gasteiger partial charge in [0.2, 0.25) is 5.76 Å². The van der Waals surface area contributed by atoms with E-state index in [1.165, 1.54) is 6.07 Å². The maximum Gasteiger partial charge on any atom is 0.371 e. The zero-order chi connectivity index (χ0) is 11.3. The number of aromatic amines is 1. The third kappa shape index (κ3) is 1.07. The van der Waals surface area contributed by atoms with Crippen LogP contribution in [0.25, 0.3) is 22.0 Å². The molecule has 2 N–H and O–H groups in total. The van der Waals surface area contributed by atoms with Crippen LogP contribution in [0.1, 0.15) is 16.1 Å². The summed E-state index contributed by atoms with van der Waals surface area (Å²) in [5.74, 6) is -1.09. The first-order valence-corrected chi connectivity index (χ1v) is 4.91. The maximum atomic E-state index is 10.8. The molecule has 0 aliphatic heterocycles. The van der Waals surface area contributed by atoms with Crippen LogP contribution in [0, 0.1) is 6.92 Å². The van der Waals surface area contributed by atoms with E-state index >= 15 is 0 Å². The van der Waals surface area contributed by atoms with E-state index in [2.05, 4.69) is 4.98 Å². The molecule has 2 aromatic heterocycles. The Morgan fingerprint density at radius 2 is 2.25 bits per heavy atom. The van der Waals surface area contributed by atoms with Gasteiger partial charge in [0.15, 0.2) is 5.58 Å². The Bertz CT molecular complexity index is 706. The van der Waals surface area contributed by atoms with Crippen LogP contribution < -0.4 is 0 Å². The Morgan fingerprint density at radius 3 is 3.00 bits per heavy atom. The zero-order valence-electron chi connectivity index (χ0n) is 8.57. The van der Waals surface area contributed by atoms with Crippen molar-refractivity contribution in [1.82, 2.24) is 4.98 Å². The lowest BCUT2D eigenvalue weighted by Gasteiger charge is -1.94.